The lowest BCUT2D eigenvalue weighted by atomic mass is 10.0. The normalized spacial score (nSPS) is 10.8. The van der Waals surface area contributed by atoms with Gasteiger partial charge in [0, 0.05) is 0 Å². The summed E-state index contributed by atoms with van der Waals surface area (Å²) in [6.45, 7) is 1.79. The van der Waals surface area contributed by atoms with E-state index >= 15 is 0 Å². The van der Waals surface area contributed by atoms with E-state index in [4.69, 9.17) is 10.3 Å². The van der Waals surface area contributed by atoms with Gasteiger partial charge in [-0.15, -0.1) is 0 Å². The van der Waals surface area contributed by atoms with Crippen LogP contribution in [-0.2, 0) is 0 Å². The number of nitrogens with two attached hydrogens (primary N) is 1. The number of aryl methyl sites for hydroxylation is 1. The molecule has 1 heterocycles. The zero-order chi connectivity index (χ0) is 15.0. The van der Waals surface area contributed by atoms with Crippen LogP contribution in [0.1, 0.15) is 5.56 Å². The molecule has 106 valence electrons. The lowest BCUT2D eigenvalue weighted by molar-refractivity contribution is 0.433. The van der Waals surface area contributed by atoms with E-state index in [0.29, 0.717) is 11.1 Å². The van der Waals surface area contributed by atoms with Crippen molar-refractivity contribution in [1.29, 1.82) is 0 Å². The summed E-state index contributed by atoms with van der Waals surface area (Å²) in [5.41, 5.74) is 7.95. The molecule has 2 aromatic carbocycles. The third-order valence-corrected chi connectivity index (χ3v) is 3.22. The molecular weight excluding hydrogens is 274 g/mol. The molecule has 0 amide bonds. The van der Waals surface area contributed by atoms with E-state index in [-0.39, 0.29) is 23.0 Å². The van der Waals surface area contributed by atoms with Crippen LogP contribution in [0.15, 0.2) is 47.0 Å². The van der Waals surface area contributed by atoms with Crippen LogP contribution in [0.2, 0.25) is 0 Å². The van der Waals surface area contributed by atoms with E-state index in [1.165, 1.54) is 18.2 Å². The molecule has 0 aliphatic heterocycles. The van der Waals surface area contributed by atoms with E-state index in [1.807, 2.05) is 0 Å². The van der Waals surface area contributed by atoms with E-state index in [1.54, 1.807) is 31.2 Å². The number of aromatic nitrogens is 1. The third-order valence-electron chi connectivity index (χ3n) is 3.22. The van der Waals surface area contributed by atoms with Crippen molar-refractivity contribution in [3.8, 4) is 22.5 Å². The molecule has 0 spiro atoms. The Morgan fingerprint density at radius 3 is 2.43 bits per heavy atom. The monoisotopic (exact) mass is 286 g/mol. The highest BCUT2D eigenvalue weighted by Crippen LogP contribution is 2.37. The quantitative estimate of drug-likeness (QED) is 0.769. The Balaban J connectivity index is 2.19. The minimum Gasteiger partial charge on any atom is -0.380 e. The highest BCUT2D eigenvalue weighted by Gasteiger charge is 2.20. The second kappa shape index (κ2) is 5.01. The van der Waals surface area contributed by atoms with Crippen LogP contribution in [0.25, 0.3) is 22.5 Å². The predicted molar refractivity (Wildman–Crippen MR) is 76.4 cm³/mol. The Kier molecular flexibility index (Phi) is 3.17. The third kappa shape index (κ3) is 2.38. The molecule has 0 bridgehead atoms. The number of nitrogen functional groups attached to an aromatic ring is 1. The Morgan fingerprint density at radius 2 is 1.76 bits per heavy atom. The topological polar surface area (TPSA) is 52.0 Å². The van der Waals surface area contributed by atoms with Gasteiger partial charge in [-0.1, -0.05) is 23.4 Å². The zero-order valence-electron chi connectivity index (χ0n) is 11.2. The van der Waals surface area contributed by atoms with Gasteiger partial charge in [0.15, 0.2) is 11.6 Å². The zero-order valence-corrected chi connectivity index (χ0v) is 11.2. The van der Waals surface area contributed by atoms with E-state index in [0.717, 1.165) is 5.56 Å². The van der Waals surface area contributed by atoms with Crippen LogP contribution in [0, 0.1) is 18.6 Å². The number of anilines is 1. The van der Waals surface area contributed by atoms with Crippen LogP contribution >= 0.6 is 0 Å². The molecule has 1 aromatic heterocycles. The second-order valence-electron chi connectivity index (χ2n) is 4.76. The summed E-state index contributed by atoms with van der Waals surface area (Å²) in [5, 5.41) is 3.70. The van der Waals surface area contributed by atoms with Crippen LogP contribution in [0.5, 0.6) is 0 Å². The van der Waals surface area contributed by atoms with Crippen molar-refractivity contribution in [2.24, 2.45) is 0 Å². The summed E-state index contributed by atoms with van der Waals surface area (Å²) in [6.07, 6.45) is 0. The van der Waals surface area contributed by atoms with E-state index < -0.39 is 5.82 Å². The largest absolute Gasteiger partial charge is 0.380 e. The molecule has 21 heavy (non-hydrogen) atoms. The van der Waals surface area contributed by atoms with Crippen molar-refractivity contribution in [2.45, 2.75) is 6.92 Å². The molecule has 2 N–H and O–H groups in total. The SMILES string of the molecule is Cc1ccc(-c2onc(N)c2-c2ccc(F)cc2)c(F)c1. The average molecular weight is 286 g/mol. The van der Waals surface area contributed by atoms with Crippen molar-refractivity contribution in [3.63, 3.8) is 0 Å². The summed E-state index contributed by atoms with van der Waals surface area (Å²) in [5.74, 6) is -0.417. The van der Waals surface area contributed by atoms with Gasteiger partial charge < -0.3 is 10.3 Å². The van der Waals surface area contributed by atoms with Gasteiger partial charge in [-0.05, 0) is 42.3 Å². The predicted octanol–water partition coefficient (Wildman–Crippen LogP) is 4.18. The highest BCUT2D eigenvalue weighted by molar-refractivity contribution is 5.86. The highest BCUT2D eigenvalue weighted by atomic mass is 19.1. The van der Waals surface area contributed by atoms with Crippen molar-refractivity contribution < 1.29 is 13.3 Å². The summed E-state index contributed by atoms with van der Waals surface area (Å²) < 4.78 is 32.3. The lowest BCUT2D eigenvalue weighted by Gasteiger charge is -2.05. The first-order valence-electron chi connectivity index (χ1n) is 6.34. The summed E-state index contributed by atoms with van der Waals surface area (Å²) in [6, 6.07) is 10.5. The Bertz CT molecular complexity index is 795. The maximum atomic E-state index is 14.1. The van der Waals surface area contributed by atoms with Crippen molar-refractivity contribution in [3.05, 3.63) is 59.7 Å². The van der Waals surface area contributed by atoms with E-state index in [9.17, 15) is 8.78 Å². The molecule has 3 aromatic rings. The molecule has 0 unspecified atom stereocenters. The Morgan fingerprint density at radius 1 is 1.05 bits per heavy atom. The maximum Gasteiger partial charge on any atom is 0.179 e. The Labute approximate surface area is 120 Å². The van der Waals surface area contributed by atoms with Crippen LogP contribution < -0.4 is 5.73 Å². The molecule has 3 nitrogen and oxygen atoms in total. The fourth-order valence-electron chi connectivity index (χ4n) is 2.19. The molecule has 0 saturated heterocycles. The van der Waals surface area contributed by atoms with Crippen LogP contribution in [0.4, 0.5) is 14.6 Å². The molecule has 0 aliphatic rings. The number of halogens is 2. The van der Waals surface area contributed by atoms with Gasteiger partial charge in [-0.2, -0.15) is 0 Å². The molecule has 0 radical (unpaired) electrons. The van der Waals surface area contributed by atoms with Crippen LogP contribution in [0.3, 0.4) is 0 Å². The van der Waals surface area contributed by atoms with E-state index in [2.05, 4.69) is 5.16 Å². The van der Waals surface area contributed by atoms with Gasteiger partial charge in [-0.3, -0.25) is 0 Å². The van der Waals surface area contributed by atoms with Gasteiger partial charge in [0.25, 0.3) is 0 Å². The minimum atomic E-state index is -0.422. The lowest BCUT2D eigenvalue weighted by Crippen LogP contribution is -1.91. The summed E-state index contributed by atoms with van der Waals surface area (Å²) in [7, 11) is 0. The molecule has 3 rings (SSSR count). The molecule has 0 aliphatic carbocycles. The molecular formula is C16H12F2N2O. The number of benzene rings is 2. The second-order valence-corrected chi connectivity index (χ2v) is 4.76. The standard InChI is InChI=1S/C16H12F2N2O/c1-9-2-7-12(13(18)8-9)15-14(16(19)20-21-15)10-3-5-11(17)6-4-10/h2-8H,1H3,(H2,19,20). The fraction of sp³-hybridized carbons (Fsp3) is 0.0625. The van der Waals surface area contributed by atoms with Crippen molar-refractivity contribution in [2.75, 3.05) is 5.73 Å². The molecule has 5 heteroatoms. The Hall–Kier alpha value is -2.69. The first kappa shape index (κ1) is 13.3. The number of hydrogen-bond acceptors (Lipinski definition) is 3. The maximum absolute atomic E-state index is 14.1. The van der Waals surface area contributed by atoms with Crippen molar-refractivity contribution in [1.82, 2.24) is 5.16 Å². The average Bonchev–Trinajstić information content (AvgIpc) is 2.82. The van der Waals surface area contributed by atoms with Crippen LogP contribution in [-0.4, -0.2) is 5.16 Å². The van der Waals surface area contributed by atoms with Gasteiger partial charge in [0.05, 0.1) is 11.1 Å². The molecule has 0 fully saturated rings. The smallest absolute Gasteiger partial charge is 0.179 e. The van der Waals surface area contributed by atoms with Gasteiger partial charge >= 0.3 is 0 Å². The number of rotatable bonds is 2. The van der Waals surface area contributed by atoms with Gasteiger partial charge in [-0.25, -0.2) is 8.78 Å². The fourth-order valence-corrected chi connectivity index (χ4v) is 2.19. The first-order chi connectivity index (χ1) is 10.1. The molecule has 0 atom stereocenters. The van der Waals surface area contributed by atoms with Gasteiger partial charge in [0.1, 0.15) is 11.6 Å². The summed E-state index contributed by atoms with van der Waals surface area (Å²) >= 11 is 0. The molecule has 0 saturated carbocycles. The first-order valence-corrected chi connectivity index (χ1v) is 6.34. The number of nitrogens with zero attached hydrogens (tertiary/aromatic N) is 1. The van der Waals surface area contributed by atoms with Crippen molar-refractivity contribution >= 4 is 5.82 Å². The summed E-state index contributed by atoms with van der Waals surface area (Å²) in [4.78, 5) is 0. The minimum absolute atomic E-state index is 0.136. The van der Waals surface area contributed by atoms with Gasteiger partial charge in [0.2, 0.25) is 0 Å². The number of hydrogen-bond donors (Lipinski definition) is 1.